The number of nitrogens with two attached hydrogens (primary N) is 1. The summed E-state index contributed by atoms with van der Waals surface area (Å²) in [5.41, 5.74) is 4.99. The number of likely N-dealkylation sites (N-methyl/N-ethyl adjacent to an activating group) is 1. The first-order valence-corrected chi connectivity index (χ1v) is 7.32. The minimum atomic E-state index is -0.594. The molecule has 1 aliphatic carbocycles. The van der Waals surface area contributed by atoms with Gasteiger partial charge in [0.1, 0.15) is 5.54 Å². The molecule has 19 heavy (non-hydrogen) atoms. The van der Waals surface area contributed by atoms with E-state index in [2.05, 4.69) is 5.32 Å². The van der Waals surface area contributed by atoms with Gasteiger partial charge in [-0.2, -0.15) is 0 Å². The number of hydrogen-bond donors (Lipinski definition) is 2. The van der Waals surface area contributed by atoms with Crippen molar-refractivity contribution in [3.8, 4) is 0 Å². The lowest BCUT2D eigenvalue weighted by Crippen LogP contribution is -2.59. The Morgan fingerprint density at radius 3 is 2.84 bits per heavy atom. The molecule has 0 bridgehead atoms. The van der Waals surface area contributed by atoms with E-state index in [4.69, 9.17) is 15.2 Å². The van der Waals surface area contributed by atoms with Gasteiger partial charge in [0.05, 0.1) is 18.8 Å². The fraction of sp³-hybridized carbons (Fsp3) is 0.929. The topological polar surface area (TPSA) is 73.6 Å². The molecule has 1 saturated carbocycles. The standard InChI is InChI=1S/C14H28N2O3/c1-4-16-14(13(15)17)8-6-7-12(9-14)19-11(3)10-18-5-2/h11-12,16H,4-10H2,1-3H3,(H2,15,17). The predicted molar refractivity (Wildman–Crippen MR) is 74.9 cm³/mol. The molecular formula is C14H28N2O3. The molecule has 0 aliphatic heterocycles. The summed E-state index contributed by atoms with van der Waals surface area (Å²) in [5, 5.41) is 3.26. The van der Waals surface area contributed by atoms with Crippen molar-refractivity contribution >= 4 is 5.91 Å². The van der Waals surface area contributed by atoms with Crippen molar-refractivity contribution in [2.75, 3.05) is 19.8 Å². The maximum Gasteiger partial charge on any atom is 0.237 e. The largest absolute Gasteiger partial charge is 0.379 e. The van der Waals surface area contributed by atoms with Crippen LogP contribution in [0.5, 0.6) is 0 Å². The van der Waals surface area contributed by atoms with Gasteiger partial charge in [0.15, 0.2) is 0 Å². The number of amides is 1. The molecule has 3 unspecified atom stereocenters. The molecule has 5 heteroatoms. The average molecular weight is 272 g/mol. The molecule has 0 aromatic carbocycles. The average Bonchev–Trinajstić information content (AvgIpc) is 2.37. The van der Waals surface area contributed by atoms with Crippen molar-refractivity contribution in [3.05, 3.63) is 0 Å². The van der Waals surface area contributed by atoms with E-state index < -0.39 is 5.54 Å². The molecule has 0 radical (unpaired) electrons. The molecule has 1 fully saturated rings. The number of carbonyl (C=O) groups is 1. The van der Waals surface area contributed by atoms with Crippen LogP contribution in [0, 0.1) is 0 Å². The Labute approximate surface area is 116 Å². The molecule has 0 aromatic rings. The Kier molecular flexibility index (Phi) is 6.75. The van der Waals surface area contributed by atoms with Crippen LogP contribution in [0.1, 0.15) is 46.5 Å². The van der Waals surface area contributed by atoms with Gasteiger partial charge < -0.3 is 20.5 Å². The highest BCUT2D eigenvalue weighted by Crippen LogP contribution is 2.30. The normalized spacial score (nSPS) is 29.1. The maximum absolute atomic E-state index is 11.7. The molecule has 1 amide bonds. The van der Waals surface area contributed by atoms with Gasteiger partial charge in [0, 0.05) is 13.0 Å². The van der Waals surface area contributed by atoms with E-state index in [0.717, 1.165) is 25.8 Å². The zero-order valence-corrected chi connectivity index (χ0v) is 12.4. The monoisotopic (exact) mass is 272 g/mol. The van der Waals surface area contributed by atoms with Crippen LogP contribution >= 0.6 is 0 Å². The summed E-state index contributed by atoms with van der Waals surface area (Å²) < 4.78 is 11.3. The Hall–Kier alpha value is -0.650. The van der Waals surface area contributed by atoms with Crippen molar-refractivity contribution in [1.82, 2.24) is 5.32 Å². The summed E-state index contributed by atoms with van der Waals surface area (Å²) in [6, 6.07) is 0. The first kappa shape index (κ1) is 16.4. The minimum Gasteiger partial charge on any atom is -0.379 e. The van der Waals surface area contributed by atoms with Crippen molar-refractivity contribution in [3.63, 3.8) is 0 Å². The molecule has 1 rings (SSSR count). The number of primary amides is 1. The van der Waals surface area contributed by atoms with Crippen LogP contribution in [0.2, 0.25) is 0 Å². The van der Waals surface area contributed by atoms with Crippen LogP contribution in [0.15, 0.2) is 0 Å². The summed E-state index contributed by atoms with van der Waals surface area (Å²) in [4.78, 5) is 11.7. The van der Waals surface area contributed by atoms with Gasteiger partial charge in [0.25, 0.3) is 0 Å². The highest BCUT2D eigenvalue weighted by atomic mass is 16.5. The Morgan fingerprint density at radius 2 is 2.26 bits per heavy atom. The van der Waals surface area contributed by atoms with Crippen LogP contribution in [-0.4, -0.2) is 43.4 Å². The lowest BCUT2D eigenvalue weighted by Gasteiger charge is -2.39. The zero-order valence-electron chi connectivity index (χ0n) is 12.4. The maximum atomic E-state index is 11.7. The molecule has 0 saturated heterocycles. The fourth-order valence-electron chi connectivity index (χ4n) is 2.80. The van der Waals surface area contributed by atoms with E-state index in [1.54, 1.807) is 0 Å². The molecule has 3 N–H and O–H groups in total. The van der Waals surface area contributed by atoms with Gasteiger partial charge in [-0.3, -0.25) is 4.79 Å². The number of rotatable bonds is 8. The highest BCUT2D eigenvalue weighted by Gasteiger charge is 2.41. The van der Waals surface area contributed by atoms with E-state index in [1.165, 1.54) is 0 Å². The summed E-state index contributed by atoms with van der Waals surface area (Å²) in [6.45, 7) is 8.00. The molecule has 1 aliphatic rings. The van der Waals surface area contributed by atoms with E-state index in [0.29, 0.717) is 19.6 Å². The Balaban J connectivity index is 2.54. The summed E-state index contributed by atoms with van der Waals surface area (Å²) in [5.74, 6) is -0.264. The van der Waals surface area contributed by atoms with Crippen LogP contribution in [0.25, 0.3) is 0 Å². The second kappa shape index (κ2) is 7.82. The third-order valence-corrected chi connectivity index (χ3v) is 3.67. The summed E-state index contributed by atoms with van der Waals surface area (Å²) in [6.07, 6.45) is 3.53. The van der Waals surface area contributed by atoms with Gasteiger partial charge >= 0.3 is 0 Å². The van der Waals surface area contributed by atoms with Crippen LogP contribution in [0.4, 0.5) is 0 Å². The van der Waals surface area contributed by atoms with E-state index in [1.807, 2.05) is 20.8 Å². The van der Waals surface area contributed by atoms with Crippen molar-refractivity contribution in [2.45, 2.75) is 64.2 Å². The number of ether oxygens (including phenoxy) is 2. The van der Waals surface area contributed by atoms with Gasteiger partial charge in [-0.1, -0.05) is 6.92 Å². The molecule has 0 aromatic heterocycles. The summed E-state index contributed by atoms with van der Waals surface area (Å²) in [7, 11) is 0. The highest BCUT2D eigenvalue weighted by molar-refractivity contribution is 5.84. The van der Waals surface area contributed by atoms with E-state index in [9.17, 15) is 4.79 Å². The van der Waals surface area contributed by atoms with Crippen molar-refractivity contribution < 1.29 is 14.3 Å². The lowest BCUT2D eigenvalue weighted by molar-refractivity contribution is -0.130. The molecule has 0 spiro atoms. The molecule has 0 heterocycles. The molecule has 5 nitrogen and oxygen atoms in total. The molecular weight excluding hydrogens is 244 g/mol. The third kappa shape index (κ3) is 4.75. The Morgan fingerprint density at radius 1 is 1.53 bits per heavy atom. The predicted octanol–water partition coefficient (Wildman–Crippen LogP) is 1.20. The van der Waals surface area contributed by atoms with E-state index in [-0.39, 0.29) is 18.1 Å². The molecule has 3 atom stereocenters. The molecule has 112 valence electrons. The van der Waals surface area contributed by atoms with Crippen molar-refractivity contribution in [2.24, 2.45) is 5.73 Å². The summed E-state index contributed by atoms with van der Waals surface area (Å²) >= 11 is 0. The van der Waals surface area contributed by atoms with Gasteiger partial charge in [-0.05, 0) is 39.7 Å². The van der Waals surface area contributed by atoms with Gasteiger partial charge in [-0.15, -0.1) is 0 Å². The number of carbonyl (C=O) groups excluding carboxylic acids is 1. The van der Waals surface area contributed by atoms with Crippen LogP contribution < -0.4 is 11.1 Å². The minimum absolute atomic E-state index is 0.0512. The number of nitrogens with one attached hydrogen (secondary N) is 1. The van der Waals surface area contributed by atoms with Gasteiger partial charge in [-0.25, -0.2) is 0 Å². The fourth-order valence-corrected chi connectivity index (χ4v) is 2.80. The second-order valence-corrected chi connectivity index (χ2v) is 5.30. The smallest absolute Gasteiger partial charge is 0.237 e. The van der Waals surface area contributed by atoms with E-state index >= 15 is 0 Å². The van der Waals surface area contributed by atoms with Gasteiger partial charge in [0.2, 0.25) is 5.91 Å². The number of hydrogen-bond acceptors (Lipinski definition) is 4. The third-order valence-electron chi connectivity index (χ3n) is 3.67. The van der Waals surface area contributed by atoms with Crippen LogP contribution in [0.3, 0.4) is 0 Å². The first-order chi connectivity index (χ1) is 9.04. The van der Waals surface area contributed by atoms with Crippen molar-refractivity contribution in [1.29, 1.82) is 0 Å². The zero-order chi connectivity index (χ0) is 14.3. The van der Waals surface area contributed by atoms with Crippen LogP contribution in [-0.2, 0) is 14.3 Å². The Bertz CT molecular complexity index is 282. The first-order valence-electron chi connectivity index (χ1n) is 7.32. The second-order valence-electron chi connectivity index (χ2n) is 5.30. The quantitative estimate of drug-likeness (QED) is 0.696. The lowest BCUT2D eigenvalue weighted by atomic mass is 9.79. The SMILES string of the molecule is CCNC1(C(N)=O)CCCC(OC(C)COCC)C1.